The van der Waals surface area contributed by atoms with Crippen molar-refractivity contribution in [1.82, 2.24) is 10.6 Å². The van der Waals surface area contributed by atoms with Crippen LogP contribution in [0.5, 0.6) is 0 Å². The summed E-state index contributed by atoms with van der Waals surface area (Å²) in [5.74, 6) is 0.382. The summed E-state index contributed by atoms with van der Waals surface area (Å²) < 4.78 is 4.67. The molecule has 0 aromatic carbocycles. The van der Waals surface area contributed by atoms with E-state index in [1.165, 1.54) is 12.8 Å². The van der Waals surface area contributed by atoms with Crippen LogP contribution in [0.4, 0.5) is 4.79 Å². The van der Waals surface area contributed by atoms with Gasteiger partial charge in [0.15, 0.2) is 0 Å². The Bertz CT molecular complexity index is 268. The van der Waals surface area contributed by atoms with Crippen LogP contribution in [-0.2, 0) is 9.53 Å². The van der Waals surface area contributed by atoms with Gasteiger partial charge in [0.05, 0.1) is 6.61 Å². The maximum atomic E-state index is 11.6. The van der Waals surface area contributed by atoms with Crippen molar-refractivity contribution in [1.29, 1.82) is 0 Å². The largest absolute Gasteiger partial charge is 0.450 e. The molecule has 0 aromatic heterocycles. The first-order valence-corrected chi connectivity index (χ1v) is 6.33. The second kappa shape index (κ2) is 7.14. The van der Waals surface area contributed by atoms with Crippen LogP contribution in [0.3, 0.4) is 0 Å². The SMILES string of the molecule is CCOC(=O)NCC(=O)NC1CCCCC1C. The summed E-state index contributed by atoms with van der Waals surface area (Å²) in [7, 11) is 0. The zero-order valence-corrected chi connectivity index (χ0v) is 10.6. The smallest absolute Gasteiger partial charge is 0.407 e. The Balaban J connectivity index is 2.22. The van der Waals surface area contributed by atoms with E-state index >= 15 is 0 Å². The summed E-state index contributed by atoms with van der Waals surface area (Å²) in [6, 6.07) is 0.250. The maximum absolute atomic E-state index is 11.6. The molecule has 2 amide bonds. The Labute approximate surface area is 102 Å². The molecule has 1 fully saturated rings. The first kappa shape index (κ1) is 13.8. The number of alkyl carbamates (subject to hydrolysis) is 1. The lowest BCUT2D eigenvalue weighted by Gasteiger charge is -2.29. The summed E-state index contributed by atoms with van der Waals surface area (Å²) in [6.45, 7) is 4.18. The van der Waals surface area contributed by atoms with Crippen molar-refractivity contribution in [2.24, 2.45) is 5.92 Å². The van der Waals surface area contributed by atoms with Crippen molar-refractivity contribution in [3.63, 3.8) is 0 Å². The molecule has 1 saturated carbocycles. The number of hydrogen-bond donors (Lipinski definition) is 2. The van der Waals surface area contributed by atoms with E-state index in [2.05, 4.69) is 22.3 Å². The fourth-order valence-corrected chi connectivity index (χ4v) is 2.12. The lowest BCUT2D eigenvalue weighted by Crippen LogP contribution is -2.45. The fourth-order valence-electron chi connectivity index (χ4n) is 2.12. The number of amides is 2. The number of nitrogens with one attached hydrogen (secondary N) is 2. The normalized spacial score (nSPS) is 23.9. The Morgan fingerprint density at radius 3 is 2.65 bits per heavy atom. The quantitative estimate of drug-likeness (QED) is 0.783. The van der Waals surface area contributed by atoms with Crippen molar-refractivity contribution in [3.05, 3.63) is 0 Å². The molecule has 0 aromatic rings. The molecule has 1 rings (SSSR count). The highest BCUT2D eigenvalue weighted by Crippen LogP contribution is 2.23. The molecule has 2 unspecified atom stereocenters. The average molecular weight is 242 g/mol. The van der Waals surface area contributed by atoms with Gasteiger partial charge >= 0.3 is 6.09 Å². The molecule has 5 heteroatoms. The summed E-state index contributed by atoms with van der Waals surface area (Å²) in [6.07, 6.45) is 4.07. The van der Waals surface area contributed by atoms with Crippen LogP contribution in [0.25, 0.3) is 0 Å². The number of hydrogen-bond acceptors (Lipinski definition) is 3. The van der Waals surface area contributed by atoms with E-state index in [0.29, 0.717) is 12.5 Å². The van der Waals surface area contributed by atoms with E-state index < -0.39 is 6.09 Å². The van der Waals surface area contributed by atoms with Crippen molar-refractivity contribution in [3.8, 4) is 0 Å². The first-order valence-electron chi connectivity index (χ1n) is 6.33. The first-order chi connectivity index (χ1) is 8.13. The second-order valence-corrected chi connectivity index (χ2v) is 4.51. The van der Waals surface area contributed by atoms with E-state index in [1.807, 2.05) is 0 Å². The van der Waals surface area contributed by atoms with Crippen molar-refractivity contribution in [2.45, 2.75) is 45.6 Å². The van der Waals surface area contributed by atoms with Gasteiger partial charge in [-0.15, -0.1) is 0 Å². The molecular formula is C12H22N2O3. The third-order valence-corrected chi connectivity index (χ3v) is 3.13. The minimum Gasteiger partial charge on any atom is -0.450 e. The molecule has 0 bridgehead atoms. The monoisotopic (exact) mass is 242 g/mol. The van der Waals surface area contributed by atoms with Gasteiger partial charge in [0.2, 0.25) is 5.91 Å². The van der Waals surface area contributed by atoms with Gasteiger partial charge < -0.3 is 15.4 Å². The molecular weight excluding hydrogens is 220 g/mol. The Hall–Kier alpha value is -1.26. The highest BCUT2D eigenvalue weighted by atomic mass is 16.5. The van der Waals surface area contributed by atoms with Crippen LogP contribution in [0.15, 0.2) is 0 Å². The topological polar surface area (TPSA) is 67.4 Å². The second-order valence-electron chi connectivity index (χ2n) is 4.51. The lowest BCUT2D eigenvalue weighted by molar-refractivity contribution is -0.121. The van der Waals surface area contributed by atoms with Crippen LogP contribution in [0, 0.1) is 5.92 Å². The molecule has 17 heavy (non-hydrogen) atoms. The van der Waals surface area contributed by atoms with Crippen LogP contribution in [0.2, 0.25) is 0 Å². The predicted molar refractivity (Wildman–Crippen MR) is 64.6 cm³/mol. The van der Waals surface area contributed by atoms with E-state index in [-0.39, 0.29) is 18.5 Å². The zero-order valence-electron chi connectivity index (χ0n) is 10.6. The Morgan fingerprint density at radius 1 is 1.29 bits per heavy atom. The molecule has 98 valence electrons. The molecule has 0 saturated heterocycles. The molecule has 5 nitrogen and oxygen atoms in total. The molecule has 0 aliphatic heterocycles. The third kappa shape index (κ3) is 5.06. The molecule has 1 aliphatic rings. The van der Waals surface area contributed by atoms with Crippen LogP contribution in [-0.4, -0.2) is 31.2 Å². The predicted octanol–water partition coefficient (Wildman–Crippen LogP) is 1.43. The Morgan fingerprint density at radius 2 is 2.00 bits per heavy atom. The van der Waals surface area contributed by atoms with Crippen LogP contribution < -0.4 is 10.6 Å². The van der Waals surface area contributed by atoms with E-state index in [1.54, 1.807) is 6.92 Å². The van der Waals surface area contributed by atoms with E-state index in [9.17, 15) is 9.59 Å². The third-order valence-electron chi connectivity index (χ3n) is 3.13. The van der Waals surface area contributed by atoms with Crippen molar-refractivity contribution >= 4 is 12.0 Å². The molecule has 2 atom stereocenters. The molecule has 0 heterocycles. The van der Waals surface area contributed by atoms with Gasteiger partial charge in [0.1, 0.15) is 6.54 Å². The Kier molecular flexibility index (Phi) is 5.80. The minimum atomic E-state index is -0.542. The zero-order chi connectivity index (χ0) is 12.7. The van der Waals surface area contributed by atoms with Gasteiger partial charge in [0.25, 0.3) is 0 Å². The number of carbonyl (C=O) groups is 2. The summed E-state index contributed by atoms with van der Waals surface area (Å²) >= 11 is 0. The van der Waals surface area contributed by atoms with Gasteiger partial charge in [0, 0.05) is 6.04 Å². The molecule has 2 N–H and O–H groups in total. The van der Waals surface area contributed by atoms with Crippen LogP contribution in [0.1, 0.15) is 39.5 Å². The van der Waals surface area contributed by atoms with Crippen molar-refractivity contribution < 1.29 is 14.3 Å². The van der Waals surface area contributed by atoms with Gasteiger partial charge in [-0.1, -0.05) is 19.8 Å². The summed E-state index contributed by atoms with van der Waals surface area (Å²) in [5, 5.41) is 5.37. The standard InChI is InChI=1S/C12H22N2O3/c1-3-17-12(16)13-8-11(15)14-10-7-5-4-6-9(10)2/h9-10H,3-8H2,1-2H3,(H,13,16)(H,14,15). The highest BCUT2D eigenvalue weighted by molar-refractivity contribution is 5.82. The van der Waals surface area contributed by atoms with E-state index in [0.717, 1.165) is 12.8 Å². The average Bonchev–Trinajstić information content (AvgIpc) is 2.30. The van der Waals surface area contributed by atoms with Crippen LogP contribution >= 0.6 is 0 Å². The maximum Gasteiger partial charge on any atom is 0.407 e. The number of carbonyl (C=O) groups excluding carboxylic acids is 2. The van der Waals surface area contributed by atoms with Gasteiger partial charge in [-0.05, 0) is 25.7 Å². The lowest BCUT2D eigenvalue weighted by atomic mass is 9.86. The number of ether oxygens (including phenoxy) is 1. The molecule has 0 radical (unpaired) electrons. The van der Waals surface area contributed by atoms with E-state index in [4.69, 9.17) is 0 Å². The highest BCUT2D eigenvalue weighted by Gasteiger charge is 2.22. The molecule has 0 spiro atoms. The fraction of sp³-hybridized carbons (Fsp3) is 0.833. The summed E-state index contributed by atoms with van der Waals surface area (Å²) in [4.78, 5) is 22.6. The minimum absolute atomic E-state index is 0.0119. The van der Waals surface area contributed by atoms with Crippen molar-refractivity contribution in [2.75, 3.05) is 13.2 Å². The van der Waals surface area contributed by atoms with Gasteiger partial charge in [-0.25, -0.2) is 4.79 Å². The summed E-state index contributed by atoms with van der Waals surface area (Å²) in [5.41, 5.74) is 0. The number of rotatable bonds is 4. The van der Waals surface area contributed by atoms with Gasteiger partial charge in [-0.3, -0.25) is 4.79 Å². The molecule has 1 aliphatic carbocycles. The van der Waals surface area contributed by atoms with Gasteiger partial charge in [-0.2, -0.15) is 0 Å².